The Morgan fingerprint density at radius 1 is 0.962 bits per heavy atom. The summed E-state index contributed by atoms with van der Waals surface area (Å²) in [7, 11) is 1.54. The highest BCUT2D eigenvalue weighted by Crippen LogP contribution is 2.47. The molecule has 0 aromatic heterocycles. The van der Waals surface area contributed by atoms with E-state index >= 15 is 0 Å². The van der Waals surface area contributed by atoms with Crippen LogP contribution in [-0.2, 0) is 21.2 Å². The summed E-state index contributed by atoms with van der Waals surface area (Å²) in [5.74, 6) is -2.66. The first-order chi connectivity index (χ1) is 11.8. The van der Waals surface area contributed by atoms with Gasteiger partial charge in [-0.15, -0.1) is 0 Å². The summed E-state index contributed by atoms with van der Waals surface area (Å²) in [5, 5.41) is 19.4. The number of alkyl halides is 3. The van der Waals surface area contributed by atoms with Gasteiger partial charge in [0.1, 0.15) is 0 Å². The molecular weight excluding hydrogens is 351 g/mol. The normalized spacial score (nSPS) is 17.6. The molecule has 2 rings (SSSR count). The molecule has 0 saturated heterocycles. The van der Waals surface area contributed by atoms with E-state index in [0.717, 1.165) is 24.3 Å². The van der Waals surface area contributed by atoms with Crippen molar-refractivity contribution in [1.29, 1.82) is 0 Å². The largest absolute Gasteiger partial charge is 0.478 e. The predicted molar refractivity (Wildman–Crippen MR) is 87.2 cm³/mol. The van der Waals surface area contributed by atoms with Crippen LogP contribution in [0, 0.1) is 0 Å². The monoisotopic (exact) mass is 369 g/mol. The Bertz CT molecular complexity index is 797. The summed E-state index contributed by atoms with van der Waals surface area (Å²) in [6.45, 7) is 4.48. The van der Waals surface area contributed by atoms with Gasteiger partial charge in [-0.25, -0.2) is 9.59 Å². The molecule has 2 N–H and O–H groups in total. The van der Waals surface area contributed by atoms with Gasteiger partial charge in [-0.3, -0.25) is 0 Å². The minimum atomic E-state index is -4.55. The molecule has 26 heavy (non-hydrogen) atoms. The van der Waals surface area contributed by atoms with Crippen molar-refractivity contribution in [2.45, 2.75) is 32.4 Å². The van der Waals surface area contributed by atoms with Gasteiger partial charge in [-0.2, -0.15) is 13.2 Å². The third-order valence-corrected chi connectivity index (χ3v) is 4.95. The predicted octanol–water partition coefficient (Wildman–Crippen LogP) is 3.63. The molecule has 0 atom stereocenters. The van der Waals surface area contributed by atoms with Crippen molar-refractivity contribution in [2.75, 3.05) is 7.05 Å². The van der Waals surface area contributed by atoms with Crippen LogP contribution >= 0.6 is 0 Å². The quantitative estimate of drug-likeness (QED) is 0.851. The second kappa shape index (κ2) is 6.19. The van der Waals surface area contributed by atoms with Crippen molar-refractivity contribution in [3.05, 3.63) is 57.9 Å². The van der Waals surface area contributed by atoms with Gasteiger partial charge in [0.25, 0.3) is 0 Å². The highest BCUT2D eigenvalue weighted by atomic mass is 19.4. The zero-order valence-electron chi connectivity index (χ0n) is 14.6. The smallest absolute Gasteiger partial charge is 0.416 e. The number of rotatable bonds is 3. The molecule has 0 unspecified atom stereocenters. The van der Waals surface area contributed by atoms with E-state index < -0.39 is 29.1 Å². The summed E-state index contributed by atoms with van der Waals surface area (Å²) in [6.07, 6.45) is -4.55. The van der Waals surface area contributed by atoms with Crippen LogP contribution in [0.15, 0.2) is 46.8 Å². The van der Waals surface area contributed by atoms with E-state index in [2.05, 4.69) is 0 Å². The molecule has 1 aromatic carbocycles. The molecule has 5 nitrogen and oxygen atoms in total. The second-order valence-electron chi connectivity index (χ2n) is 6.29. The third-order valence-electron chi connectivity index (χ3n) is 4.95. The van der Waals surface area contributed by atoms with Gasteiger partial charge in [-0.1, -0.05) is 12.1 Å². The van der Waals surface area contributed by atoms with Crippen molar-refractivity contribution in [3.8, 4) is 0 Å². The number of carbonyl (C=O) groups is 2. The maximum absolute atomic E-state index is 12.8. The van der Waals surface area contributed by atoms with Crippen molar-refractivity contribution in [2.24, 2.45) is 0 Å². The van der Waals surface area contributed by atoms with Gasteiger partial charge in [0, 0.05) is 18.4 Å². The fourth-order valence-corrected chi connectivity index (χ4v) is 3.45. The van der Waals surface area contributed by atoms with E-state index in [1.807, 2.05) is 0 Å². The van der Waals surface area contributed by atoms with Crippen molar-refractivity contribution in [1.82, 2.24) is 4.90 Å². The molecule has 8 heteroatoms. The van der Waals surface area contributed by atoms with E-state index in [1.54, 1.807) is 7.05 Å². The van der Waals surface area contributed by atoms with Gasteiger partial charge in [0.15, 0.2) is 0 Å². The fraction of sp³-hybridized carbons (Fsp3) is 0.333. The van der Waals surface area contributed by atoms with Gasteiger partial charge in [-0.05, 0) is 38.5 Å². The number of hydrogen-bond acceptors (Lipinski definition) is 3. The van der Waals surface area contributed by atoms with E-state index in [0.29, 0.717) is 11.4 Å². The lowest BCUT2D eigenvalue weighted by molar-refractivity contribution is -0.138. The molecule has 0 fully saturated rings. The number of hydrogen-bond donors (Lipinski definition) is 2. The lowest BCUT2D eigenvalue weighted by Gasteiger charge is -2.41. The Labute approximate surface area is 148 Å². The van der Waals surface area contributed by atoms with Gasteiger partial charge in [0.2, 0.25) is 0 Å². The Kier molecular flexibility index (Phi) is 4.66. The number of nitrogens with zero attached hydrogens (tertiary/aromatic N) is 1. The summed E-state index contributed by atoms with van der Waals surface area (Å²) in [4.78, 5) is 25.3. The van der Waals surface area contributed by atoms with Crippen LogP contribution in [0.3, 0.4) is 0 Å². The number of carboxylic acid groups (broad SMARTS) is 2. The number of benzene rings is 1. The Hall–Kier alpha value is -2.77. The first kappa shape index (κ1) is 19.6. The number of allylic oxidation sites excluding steroid dienone is 2. The van der Waals surface area contributed by atoms with E-state index in [4.69, 9.17) is 0 Å². The third kappa shape index (κ3) is 2.85. The minimum Gasteiger partial charge on any atom is -0.478 e. The summed E-state index contributed by atoms with van der Waals surface area (Å²) < 4.78 is 38.5. The number of aliphatic carboxylic acids is 2. The van der Waals surface area contributed by atoms with Crippen LogP contribution in [0.2, 0.25) is 0 Å². The van der Waals surface area contributed by atoms with Crippen LogP contribution in [0.5, 0.6) is 0 Å². The summed E-state index contributed by atoms with van der Waals surface area (Å²) in [5.41, 5.74) is -2.09. The van der Waals surface area contributed by atoms with Gasteiger partial charge >= 0.3 is 18.1 Å². The Balaban J connectivity index is 2.81. The number of halogens is 3. The zero-order chi connectivity index (χ0) is 20.0. The van der Waals surface area contributed by atoms with Crippen LogP contribution in [0.25, 0.3) is 0 Å². The second-order valence-corrected chi connectivity index (χ2v) is 6.29. The van der Waals surface area contributed by atoms with E-state index in [-0.39, 0.29) is 16.7 Å². The maximum Gasteiger partial charge on any atom is 0.416 e. The molecule has 1 aliphatic heterocycles. The maximum atomic E-state index is 12.8. The first-order valence-corrected chi connectivity index (χ1v) is 7.64. The van der Waals surface area contributed by atoms with Crippen LogP contribution < -0.4 is 0 Å². The molecule has 0 amide bonds. The summed E-state index contributed by atoms with van der Waals surface area (Å²) in [6, 6.07) is 3.90. The molecule has 1 aromatic rings. The van der Waals surface area contributed by atoms with E-state index in [9.17, 15) is 33.0 Å². The molecule has 0 aliphatic carbocycles. The lowest BCUT2D eigenvalue weighted by Crippen LogP contribution is -2.43. The summed E-state index contributed by atoms with van der Waals surface area (Å²) >= 11 is 0. The number of carboxylic acids is 2. The first-order valence-electron chi connectivity index (χ1n) is 7.64. The molecular formula is C18H18F3NO4. The highest BCUT2D eigenvalue weighted by molar-refractivity contribution is 6.00. The van der Waals surface area contributed by atoms with Crippen molar-refractivity contribution < 1.29 is 33.0 Å². The van der Waals surface area contributed by atoms with Crippen molar-refractivity contribution in [3.63, 3.8) is 0 Å². The molecule has 140 valence electrons. The zero-order valence-corrected chi connectivity index (χ0v) is 14.6. The van der Waals surface area contributed by atoms with Crippen LogP contribution in [0.1, 0.15) is 31.9 Å². The SMILES string of the molecule is CC1=C(C(=O)O)C(C)(c2ccc(C(F)(F)F)cc2)C(C(=O)O)=C(C)N1C. The highest BCUT2D eigenvalue weighted by Gasteiger charge is 2.48. The average molecular weight is 369 g/mol. The molecule has 0 radical (unpaired) electrons. The Morgan fingerprint density at radius 3 is 1.65 bits per heavy atom. The average Bonchev–Trinajstić information content (AvgIpc) is 2.51. The van der Waals surface area contributed by atoms with E-state index in [1.165, 1.54) is 25.7 Å². The van der Waals surface area contributed by atoms with Crippen LogP contribution in [-0.4, -0.2) is 34.1 Å². The standard InChI is InChI=1S/C18H18F3NO4/c1-9-13(15(23)24)17(3,14(16(25)26)10(2)22(9)4)11-5-7-12(8-6-11)18(19,20)21/h5-8H,1-4H3,(H,23,24)(H,25,26). The molecule has 0 bridgehead atoms. The van der Waals surface area contributed by atoms with Gasteiger partial charge < -0.3 is 15.1 Å². The topological polar surface area (TPSA) is 77.8 Å². The molecule has 0 spiro atoms. The molecule has 1 aliphatic rings. The molecule has 0 saturated carbocycles. The Morgan fingerprint density at radius 2 is 1.35 bits per heavy atom. The lowest BCUT2D eigenvalue weighted by atomic mass is 9.67. The van der Waals surface area contributed by atoms with Crippen molar-refractivity contribution >= 4 is 11.9 Å². The van der Waals surface area contributed by atoms with Gasteiger partial charge in [0.05, 0.1) is 22.1 Å². The fourth-order valence-electron chi connectivity index (χ4n) is 3.45. The van der Waals surface area contributed by atoms with Crippen LogP contribution in [0.4, 0.5) is 13.2 Å². The minimum absolute atomic E-state index is 0.159. The molecule has 1 heterocycles.